The van der Waals surface area contributed by atoms with Crippen molar-refractivity contribution in [1.82, 2.24) is 5.43 Å². The van der Waals surface area contributed by atoms with Crippen molar-refractivity contribution < 1.29 is 4.39 Å². The summed E-state index contributed by atoms with van der Waals surface area (Å²) in [5, 5.41) is 0. The van der Waals surface area contributed by atoms with Crippen LogP contribution in [0.2, 0.25) is 0 Å². The first-order valence-electron chi connectivity index (χ1n) is 6.47. The Morgan fingerprint density at radius 2 is 1.89 bits per heavy atom. The van der Waals surface area contributed by atoms with Crippen LogP contribution in [0.3, 0.4) is 0 Å². The van der Waals surface area contributed by atoms with Gasteiger partial charge in [-0.25, -0.2) is 4.39 Å². The summed E-state index contributed by atoms with van der Waals surface area (Å²) in [5.41, 5.74) is 5.57. The molecule has 0 aliphatic rings. The molecule has 1 atom stereocenters. The lowest BCUT2D eigenvalue weighted by Gasteiger charge is -2.17. The van der Waals surface area contributed by atoms with Crippen LogP contribution in [0.4, 0.5) is 4.39 Å². The van der Waals surface area contributed by atoms with Crippen LogP contribution in [0.25, 0.3) is 0 Å². The average molecular weight is 258 g/mol. The zero-order valence-electron chi connectivity index (χ0n) is 11.1. The maximum atomic E-state index is 13.6. The third kappa shape index (κ3) is 3.63. The molecule has 0 bridgehead atoms. The summed E-state index contributed by atoms with van der Waals surface area (Å²) in [4.78, 5) is 0. The normalized spacial score (nSPS) is 12.4. The molecule has 2 aromatic carbocycles. The number of benzene rings is 2. The lowest BCUT2D eigenvalue weighted by Crippen LogP contribution is -2.28. The second kappa shape index (κ2) is 6.45. The molecular formula is C16H19FN2. The van der Waals surface area contributed by atoms with Gasteiger partial charge in [-0.1, -0.05) is 42.5 Å². The summed E-state index contributed by atoms with van der Waals surface area (Å²) in [6, 6.07) is 15.5. The lowest BCUT2D eigenvalue weighted by molar-refractivity contribution is 0.511. The summed E-state index contributed by atoms with van der Waals surface area (Å²) in [6.07, 6.45) is 1.74. The molecule has 1 unspecified atom stereocenters. The molecule has 0 aromatic heterocycles. The standard InChI is InChI=1S/C16H19FN2/c1-12-7-9-14(11-15(12)17)16(19-18)10-8-13-5-3-2-4-6-13/h2-7,9,11,16,19H,8,10,18H2,1H3. The van der Waals surface area contributed by atoms with Gasteiger partial charge in [0.05, 0.1) is 0 Å². The van der Waals surface area contributed by atoms with E-state index in [9.17, 15) is 4.39 Å². The Hall–Kier alpha value is -1.71. The minimum Gasteiger partial charge on any atom is -0.271 e. The van der Waals surface area contributed by atoms with Crippen molar-refractivity contribution >= 4 is 0 Å². The molecule has 0 saturated heterocycles. The van der Waals surface area contributed by atoms with E-state index < -0.39 is 0 Å². The van der Waals surface area contributed by atoms with E-state index in [-0.39, 0.29) is 11.9 Å². The number of rotatable bonds is 5. The first kappa shape index (κ1) is 13.7. The number of halogens is 1. The van der Waals surface area contributed by atoms with Crippen molar-refractivity contribution in [2.45, 2.75) is 25.8 Å². The smallest absolute Gasteiger partial charge is 0.126 e. The van der Waals surface area contributed by atoms with E-state index in [1.807, 2.05) is 24.3 Å². The Bertz CT molecular complexity index is 526. The van der Waals surface area contributed by atoms with E-state index in [1.54, 1.807) is 19.1 Å². The van der Waals surface area contributed by atoms with Crippen LogP contribution in [-0.4, -0.2) is 0 Å². The van der Waals surface area contributed by atoms with Gasteiger partial charge >= 0.3 is 0 Å². The maximum Gasteiger partial charge on any atom is 0.126 e. The lowest BCUT2D eigenvalue weighted by atomic mass is 9.98. The zero-order chi connectivity index (χ0) is 13.7. The number of nitrogens with two attached hydrogens (primary N) is 1. The molecule has 0 saturated carbocycles. The van der Waals surface area contributed by atoms with E-state index in [0.29, 0.717) is 5.56 Å². The summed E-state index contributed by atoms with van der Waals surface area (Å²) >= 11 is 0. The van der Waals surface area contributed by atoms with Crippen molar-refractivity contribution in [3.63, 3.8) is 0 Å². The molecule has 0 fully saturated rings. The van der Waals surface area contributed by atoms with Crippen LogP contribution in [0, 0.1) is 12.7 Å². The van der Waals surface area contributed by atoms with Gasteiger partial charge in [-0.05, 0) is 42.5 Å². The molecule has 100 valence electrons. The topological polar surface area (TPSA) is 38.0 Å². The fourth-order valence-electron chi connectivity index (χ4n) is 2.13. The molecular weight excluding hydrogens is 239 g/mol. The maximum absolute atomic E-state index is 13.6. The van der Waals surface area contributed by atoms with Gasteiger partial charge in [0, 0.05) is 6.04 Å². The summed E-state index contributed by atoms with van der Waals surface area (Å²) in [6.45, 7) is 1.76. The Balaban J connectivity index is 2.05. The van der Waals surface area contributed by atoms with Crippen LogP contribution in [-0.2, 0) is 6.42 Å². The van der Waals surface area contributed by atoms with Crippen molar-refractivity contribution in [3.05, 3.63) is 71.0 Å². The summed E-state index contributed by atoms with van der Waals surface area (Å²) in [5.74, 6) is 5.40. The molecule has 3 heteroatoms. The molecule has 2 aromatic rings. The second-order valence-corrected chi connectivity index (χ2v) is 4.75. The Morgan fingerprint density at radius 1 is 1.16 bits per heavy atom. The third-order valence-corrected chi connectivity index (χ3v) is 3.36. The Labute approximate surface area is 113 Å². The van der Waals surface area contributed by atoms with Gasteiger partial charge in [0.1, 0.15) is 5.82 Å². The number of hydrogen-bond acceptors (Lipinski definition) is 2. The van der Waals surface area contributed by atoms with Crippen LogP contribution in [0.1, 0.15) is 29.2 Å². The molecule has 2 nitrogen and oxygen atoms in total. The minimum absolute atomic E-state index is 0.0321. The molecule has 3 N–H and O–H groups in total. The van der Waals surface area contributed by atoms with Crippen LogP contribution >= 0.6 is 0 Å². The van der Waals surface area contributed by atoms with Gasteiger partial charge < -0.3 is 0 Å². The average Bonchev–Trinajstić information content (AvgIpc) is 2.44. The highest BCUT2D eigenvalue weighted by Crippen LogP contribution is 2.20. The molecule has 0 spiro atoms. The Kier molecular flexibility index (Phi) is 4.66. The highest BCUT2D eigenvalue weighted by Gasteiger charge is 2.11. The van der Waals surface area contributed by atoms with Crippen LogP contribution in [0.5, 0.6) is 0 Å². The van der Waals surface area contributed by atoms with Gasteiger partial charge in [-0.3, -0.25) is 11.3 Å². The monoisotopic (exact) mass is 258 g/mol. The highest BCUT2D eigenvalue weighted by atomic mass is 19.1. The van der Waals surface area contributed by atoms with E-state index in [0.717, 1.165) is 18.4 Å². The van der Waals surface area contributed by atoms with Crippen molar-refractivity contribution in [3.8, 4) is 0 Å². The number of nitrogens with one attached hydrogen (secondary N) is 1. The fraction of sp³-hybridized carbons (Fsp3) is 0.250. The fourth-order valence-corrected chi connectivity index (χ4v) is 2.13. The summed E-state index contributed by atoms with van der Waals surface area (Å²) < 4.78 is 13.6. The van der Waals surface area contributed by atoms with Gasteiger partial charge in [0.15, 0.2) is 0 Å². The van der Waals surface area contributed by atoms with Crippen molar-refractivity contribution in [2.75, 3.05) is 0 Å². The zero-order valence-corrected chi connectivity index (χ0v) is 11.1. The first-order chi connectivity index (χ1) is 9.20. The number of hydrogen-bond donors (Lipinski definition) is 2. The van der Waals surface area contributed by atoms with E-state index in [2.05, 4.69) is 17.6 Å². The molecule has 0 amide bonds. The van der Waals surface area contributed by atoms with Crippen LogP contribution in [0.15, 0.2) is 48.5 Å². The molecule has 2 rings (SSSR count). The van der Waals surface area contributed by atoms with Gasteiger partial charge in [0.2, 0.25) is 0 Å². The Morgan fingerprint density at radius 3 is 2.53 bits per heavy atom. The van der Waals surface area contributed by atoms with Gasteiger partial charge in [-0.15, -0.1) is 0 Å². The van der Waals surface area contributed by atoms with Gasteiger partial charge in [-0.2, -0.15) is 0 Å². The second-order valence-electron chi connectivity index (χ2n) is 4.75. The SMILES string of the molecule is Cc1ccc(C(CCc2ccccc2)NN)cc1F. The largest absolute Gasteiger partial charge is 0.271 e. The predicted molar refractivity (Wildman–Crippen MR) is 76.0 cm³/mol. The molecule has 0 aliphatic carbocycles. The van der Waals surface area contributed by atoms with E-state index in [4.69, 9.17) is 5.84 Å². The first-order valence-corrected chi connectivity index (χ1v) is 6.47. The molecule has 0 aliphatic heterocycles. The summed E-state index contributed by atoms with van der Waals surface area (Å²) in [7, 11) is 0. The number of aryl methyl sites for hydroxylation is 2. The van der Waals surface area contributed by atoms with E-state index >= 15 is 0 Å². The molecule has 0 radical (unpaired) electrons. The number of hydrazine groups is 1. The highest BCUT2D eigenvalue weighted by molar-refractivity contribution is 5.26. The van der Waals surface area contributed by atoms with E-state index in [1.165, 1.54) is 5.56 Å². The van der Waals surface area contributed by atoms with Gasteiger partial charge in [0.25, 0.3) is 0 Å². The molecule has 0 heterocycles. The van der Waals surface area contributed by atoms with Crippen molar-refractivity contribution in [1.29, 1.82) is 0 Å². The van der Waals surface area contributed by atoms with Crippen LogP contribution < -0.4 is 11.3 Å². The predicted octanol–water partition coefficient (Wildman–Crippen LogP) is 3.27. The van der Waals surface area contributed by atoms with Crippen molar-refractivity contribution in [2.24, 2.45) is 5.84 Å². The quantitative estimate of drug-likeness (QED) is 0.638. The molecule has 19 heavy (non-hydrogen) atoms. The minimum atomic E-state index is -0.183. The third-order valence-electron chi connectivity index (χ3n) is 3.36.